The predicted molar refractivity (Wildman–Crippen MR) is 71.6 cm³/mol. The molecule has 0 aliphatic heterocycles. The molecule has 20 heavy (non-hydrogen) atoms. The summed E-state index contributed by atoms with van der Waals surface area (Å²) in [7, 11) is 1.54. The highest BCUT2D eigenvalue weighted by molar-refractivity contribution is 5.77. The summed E-state index contributed by atoms with van der Waals surface area (Å²) in [5, 5.41) is 11.0. The third kappa shape index (κ3) is 2.92. The van der Waals surface area contributed by atoms with Crippen LogP contribution in [0.3, 0.4) is 0 Å². The second-order valence-electron chi connectivity index (χ2n) is 3.88. The van der Waals surface area contributed by atoms with Crippen LogP contribution in [0.1, 0.15) is 10.4 Å². The normalized spacial score (nSPS) is 9.85. The van der Waals surface area contributed by atoms with Crippen LogP contribution in [0.2, 0.25) is 0 Å². The van der Waals surface area contributed by atoms with E-state index in [2.05, 4.69) is 0 Å². The summed E-state index contributed by atoms with van der Waals surface area (Å²) in [5.74, 6) is 1.17. The summed E-state index contributed by atoms with van der Waals surface area (Å²) in [6.45, 7) is 0. The number of ether oxygens (including phenoxy) is 2. The molecule has 0 unspecified atom stereocenters. The molecule has 0 saturated heterocycles. The Labute approximate surface area is 114 Å². The number of nitrogens with zero attached hydrogens (tertiary/aromatic N) is 1. The summed E-state index contributed by atoms with van der Waals surface area (Å²) in [4.78, 5) is 21.0. The van der Waals surface area contributed by atoms with Crippen molar-refractivity contribution in [2.45, 2.75) is 0 Å². The highest BCUT2D eigenvalue weighted by Gasteiger charge is 2.16. The van der Waals surface area contributed by atoms with Gasteiger partial charge in [-0.05, 0) is 36.4 Å². The zero-order valence-corrected chi connectivity index (χ0v) is 10.6. The van der Waals surface area contributed by atoms with Crippen molar-refractivity contribution in [3.63, 3.8) is 0 Å². The summed E-state index contributed by atoms with van der Waals surface area (Å²) >= 11 is 0. The fourth-order valence-corrected chi connectivity index (χ4v) is 1.61. The predicted octanol–water partition coefficient (Wildman–Crippen LogP) is 3.21. The lowest BCUT2D eigenvalue weighted by molar-refractivity contribution is -0.385. The van der Waals surface area contributed by atoms with Gasteiger partial charge in [-0.15, -0.1) is 0 Å². The Kier molecular flexibility index (Phi) is 3.95. The molecular formula is C14H11NO5. The van der Waals surface area contributed by atoms with E-state index in [-0.39, 0.29) is 17.0 Å². The minimum absolute atomic E-state index is 0.0748. The first-order valence-electron chi connectivity index (χ1n) is 5.69. The average Bonchev–Trinajstić information content (AvgIpc) is 2.48. The second-order valence-corrected chi connectivity index (χ2v) is 3.88. The minimum Gasteiger partial charge on any atom is -0.497 e. The number of methoxy groups -OCH3 is 1. The third-order valence-corrected chi connectivity index (χ3v) is 2.60. The van der Waals surface area contributed by atoms with Crippen molar-refractivity contribution in [2.75, 3.05) is 7.11 Å². The fourth-order valence-electron chi connectivity index (χ4n) is 1.61. The first kappa shape index (κ1) is 13.5. The molecule has 0 atom stereocenters. The van der Waals surface area contributed by atoms with E-state index >= 15 is 0 Å². The van der Waals surface area contributed by atoms with Gasteiger partial charge in [0, 0.05) is 11.6 Å². The molecule has 0 aliphatic rings. The lowest BCUT2D eigenvalue weighted by atomic mass is 10.2. The molecule has 0 bridgehead atoms. The number of nitro groups is 1. The van der Waals surface area contributed by atoms with E-state index in [9.17, 15) is 14.9 Å². The number of rotatable bonds is 5. The molecule has 0 spiro atoms. The molecule has 0 heterocycles. The van der Waals surface area contributed by atoms with Gasteiger partial charge in [0.05, 0.1) is 12.0 Å². The molecule has 0 aliphatic carbocycles. The Bertz CT molecular complexity index is 637. The SMILES string of the molecule is COc1ccc(Oc2ccc(C=O)cc2[N+](=O)[O-])cc1. The van der Waals surface area contributed by atoms with Crippen molar-refractivity contribution in [1.82, 2.24) is 0 Å². The Hall–Kier alpha value is -2.89. The van der Waals surface area contributed by atoms with Crippen LogP contribution in [0.15, 0.2) is 42.5 Å². The lowest BCUT2D eigenvalue weighted by Crippen LogP contribution is -1.95. The van der Waals surface area contributed by atoms with Crippen molar-refractivity contribution in [3.05, 3.63) is 58.1 Å². The molecule has 0 N–H and O–H groups in total. The lowest BCUT2D eigenvalue weighted by Gasteiger charge is -2.07. The van der Waals surface area contributed by atoms with Crippen LogP contribution in [0.4, 0.5) is 5.69 Å². The molecule has 6 heteroatoms. The van der Waals surface area contributed by atoms with Crippen LogP contribution in [-0.4, -0.2) is 18.3 Å². The Morgan fingerprint density at radius 2 is 1.75 bits per heavy atom. The van der Waals surface area contributed by atoms with Crippen molar-refractivity contribution in [2.24, 2.45) is 0 Å². The number of benzene rings is 2. The summed E-state index contributed by atoms with van der Waals surface area (Å²) in [6.07, 6.45) is 0.546. The monoisotopic (exact) mass is 273 g/mol. The average molecular weight is 273 g/mol. The van der Waals surface area contributed by atoms with Gasteiger partial charge in [0.15, 0.2) is 0 Å². The number of carbonyl (C=O) groups is 1. The standard InChI is InChI=1S/C14H11NO5/c1-19-11-3-5-12(6-4-11)20-14-7-2-10(9-16)8-13(14)15(17)18/h2-9H,1H3. The van der Waals surface area contributed by atoms with Gasteiger partial charge >= 0.3 is 5.69 Å². The van der Waals surface area contributed by atoms with Gasteiger partial charge in [-0.2, -0.15) is 0 Å². The zero-order chi connectivity index (χ0) is 14.5. The number of nitro benzene ring substituents is 1. The Balaban J connectivity index is 2.32. The maximum Gasteiger partial charge on any atom is 0.312 e. The maximum absolute atomic E-state index is 11.0. The van der Waals surface area contributed by atoms with Crippen LogP contribution < -0.4 is 9.47 Å². The van der Waals surface area contributed by atoms with Gasteiger partial charge in [0.25, 0.3) is 0 Å². The highest BCUT2D eigenvalue weighted by atomic mass is 16.6. The van der Waals surface area contributed by atoms with E-state index in [4.69, 9.17) is 9.47 Å². The van der Waals surface area contributed by atoms with Crippen LogP contribution in [0.5, 0.6) is 17.2 Å². The molecule has 6 nitrogen and oxygen atoms in total. The van der Waals surface area contributed by atoms with Crippen LogP contribution in [0, 0.1) is 10.1 Å². The molecule has 0 saturated carbocycles. The van der Waals surface area contributed by atoms with E-state index in [1.54, 1.807) is 31.4 Å². The molecule has 0 aromatic heterocycles. The summed E-state index contributed by atoms with van der Waals surface area (Å²) < 4.78 is 10.5. The Morgan fingerprint density at radius 3 is 2.30 bits per heavy atom. The molecule has 2 aromatic rings. The van der Waals surface area contributed by atoms with E-state index < -0.39 is 4.92 Å². The van der Waals surface area contributed by atoms with Crippen LogP contribution in [0.25, 0.3) is 0 Å². The topological polar surface area (TPSA) is 78.7 Å². The smallest absolute Gasteiger partial charge is 0.312 e. The largest absolute Gasteiger partial charge is 0.497 e. The molecule has 2 aromatic carbocycles. The van der Waals surface area contributed by atoms with Gasteiger partial charge in [-0.1, -0.05) is 0 Å². The van der Waals surface area contributed by atoms with Crippen molar-refractivity contribution in [1.29, 1.82) is 0 Å². The summed E-state index contributed by atoms with van der Waals surface area (Å²) in [5.41, 5.74) is -0.0378. The second kappa shape index (κ2) is 5.83. The molecule has 0 fully saturated rings. The minimum atomic E-state index is -0.591. The van der Waals surface area contributed by atoms with Crippen molar-refractivity contribution < 1.29 is 19.2 Å². The van der Waals surface area contributed by atoms with E-state index in [1.165, 1.54) is 18.2 Å². The molecule has 2 rings (SSSR count). The molecule has 0 amide bonds. The number of aldehydes is 1. The van der Waals surface area contributed by atoms with Crippen molar-refractivity contribution in [3.8, 4) is 17.2 Å². The van der Waals surface area contributed by atoms with E-state index in [0.717, 1.165) is 0 Å². The van der Waals surface area contributed by atoms with E-state index in [1.807, 2.05) is 0 Å². The number of hydrogen-bond acceptors (Lipinski definition) is 5. The first-order chi connectivity index (χ1) is 9.63. The van der Waals surface area contributed by atoms with Gasteiger partial charge in [0.1, 0.15) is 17.8 Å². The van der Waals surface area contributed by atoms with Gasteiger partial charge in [-0.25, -0.2) is 0 Å². The third-order valence-electron chi connectivity index (χ3n) is 2.60. The number of hydrogen-bond donors (Lipinski definition) is 0. The van der Waals surface area contributed by atoms with Crippen molar-refractivity contribution >= 4 is 12.0 Å². The fraction of sp³-hybridized carbons (Fsp3) is 0.0714. The molecule has 0 radical (unpaired) electrons. The van der Waals surface area contributed by atoms with Gasteiger partial charge in [-0.3, -0.25) is 14.9 Å². The molecular weight excluding hydrogens is 262 g/mol. The first-order valence-corrected chi connectivity index (χ1v) is 5.69. The quantitative estimate of drug-likeness (QED) is 0.475. The number of carbonyl (C=O) groups excluding carboxylic acids is 1. The summed E-state index contributed by atoms with van der Waals surface area (Å²) in [6, 6.07) is 10.7. The van der Waals surface area contributed by atoms with Crippen LogP contribution >= 0.6 is 0 Å². The Morgan fingerprint density at radius 1 is 1.10 bits per heavy atom. The maximum atomic E-state index is 11.0. The molecule has 102 valence electrons. The highest BCUT2D eigenvalue weighted by Crippen LogP contribution is 2.32. The van der Waals surface area contributed by atoms with Crippen LogP contribution in [-0.2, 0) is 0 Å². The van der Waals surface area contributed by atoms with E-state index in [0.29, 0.717) is 17.8 Å². The van der Waals surface area contributed by atoms with Gasteiger partial charge in [0.2, 0.25) is 5.75 Å². The van der Waals surface area contributed by atoms with Gasteiger partial charge < -0.3 is 9.47 Å². The zero-order valence-electron chi connectivity index (χ0n) is 10.6.